The van der Waals surface area contributed by atoms with Crippen molar-refractivity contribution in [1.82, 2.24) is 4.98 Å². The SMILES string of the molecule is CCC(=O)O.CCC(=O)O.Cc1c(-c2ccc(O)cc2)[nH]c2ccc(-c3ccccc3O)cc12. The molecule has 0 saturated heterocycles. The average molecular weight is 464 g/mol. The van der Waals surface area contributed by atoms with Crippen LogP contribution in [0.5, 0.6) is 11.5 Å². The number of carbonyl (C=O) groups is 2. The summed E-state index contributed by atoms with van der Waals surface area (Å²) in [5.74, 6) is -0.951. The van der Waals surface area contributed by atoms with Crippen molar-refractivity contribution < 1.29 is 30.0 Å². The maximum Gasteiger partial charge on any atom is 0.303 e. The van der Waals surface area contributed by atoms with Crippen molar-refractivity contribution in [2.24, 2.45) is 0 Å². The van der Waals surface area contributed by atoms with Gasteiger partial charge in [-0.25, -0.2) is 0 Å². The quantitative estimate of drug-likeness (QED) is 0.245. The number of fused-ring (bicyclic) bond motifs is 1. The minimum Gasteiger partial charge on any atom is -0.508 e. The van der Waals surface area contributed by atoms with Crippen LogP contribution in [0.25, 0.3) is 33.3 Å². The van der Waals surface area contributed by atoms with E-state index >= 15 is 0 Å². The Labute approximate surface area is 198 Å². The van der Waals surface area contributed by atoms with Crippen LogP contribution < -0.4 is 0 Å². The molecule has 0 unspecified atom stereocenters. The van der Waals surface area contributed by atoms with E-state index in [1.54, 1.807) is 32.0 Å². The maximum absolute atomic E-state index is 10.1. The molecule has 4 rings (SSSR count). The zero-order valence-corrected chi connectivity index (χ0v) is 19.4. The monoisotopic (exact) mass is 463 g/mol. The molecule has 0 bridgehead atoms. The van der Waals surface area contributed by atoms with Crippen LogP contribution >= 0.6 is 0 Å². The zero-order valence-electron chi connectivity index (χ0n) is 19.4. The van der Waals surface area contributed by atoms with Gasteiger partial charge in [-0.15, -0.1) is 0 Å². The molecule has 4 aromatic rings. The zero-order chi connectivity index (χ0) is 25.3. The minimum atomic E-state index is -0.745. The van der Waals surface area contributed by atoms with Gasteiger partial charge < -0.3 is 25.4 Å². The Hall–Kier alpha value is -4.26. The highest BCUT2D eigenvalue weighted by Crippen LogP contribution is 2.35. The Morgan fingerprint density at radius 3 is 1.85 bits per heavy atom. The third-order valence-corrected chi connectivity index (χ3v) is 5.03. The molecule has 0 amide bonds. The molecule has 1 heterocycles. The van der Waals surface area contributed by atoms with Gasteiger partial charge in [-0.2, -0.15) is 0 Å². The van der Waals surface area contributed by atoms with E-state index in [0.29, 0.717) is 0 Å². The lowest BCUT2D eigenvalue weighted by Gasteiger charge is -2.05. The van der Waals surface area contributed by atoms with E-state index in [4.69, 9.17) is 10.2 Å². The van der Waals surface area contributed by atoms with Crippen LogP contribution in [0.15, 0.2) is 66.7 Å². The lowest BCUT2D eigenvalue weighted by atomic mass is 10.0. The van der Waals surface area contributed by atoms with Crippen molar-refractivity contribution in [3.63, 3.8) is 0 Å². The first-order chi connectivity index (χ1) is 16.2. The summed E-state index contributed by atoms with van der Waals surface area (Å²) < 4.78 is 0. The molecule has 3 aromatic carbocycles. The highest BCUT2D eigenvalue weighted by atomic mass is 16.4. The molecule has 7 nitrogen and oxygen atoms in total. The second-order valence-corrected chi connectivity index (χ2v) is 7.44. The van der Waals surface area contributed by atoms with Gasteiger partial charge in [-0.3, -0.25) is 9.59 Å². The van der Waals surface area contributed by atoms with Crippen LogP contribution in [0.1, 0.15) is 32.3 Å². The largest absolute Gasteiger partial charge is 0.508 e. The van der Waals surface area contributed by atoms with Gasteiger partial charge in [0, 0.05) is 35.0 Å². The molecule has 0 aliphatic rings. The van der Waals surface area contributed by atoms with Crippen LogP contribution in [0.4, 0.5) is 0 Å². The van der Waals surface area contributed by atoms with Crippen molar-refractivity contribution in [3.05, 3.63) is 72.3 Å². The standard InChI is InChI=1S/C21H17NO2.2C3H6O2/c1-13-18-12-15(17-4-2-3-5-20(17)24)8-11-19(18)22-21(13)14-6-9-16(23)10-7-14;2*1-2-3(4)5/h2-12,22-24H,1H3;2*2H2,1H3,(H,4,5). The first-order valence-electron chi connectivity index (χ1n) is 10.8. The highest BCUT2D eigenvalue weighted by Gasteiger charge is 2.12. The molecular weight excluding hydrogens is 434 g/mol. The first-order valence-corrected chi connectivity index (χ1v) is 10.8. The fourth-order valence-corrected chi connectivity index (χ4v) is 3.13. The molecule has 0 fully saturated rings. The number of H-pyrrole nitrogens is 1. The number of phenols is 2. The smallest absolute Gasteiger partial charge is 0.303 e. The number of carboxylic acids is 2. The number of benzene rings is 3. The number of hydrogen-bond acceptors (Lipinski definition) is 4. The lowest BCUT2D eigenvalue weighted by Crippen LogP contribution is -1.86. The number of aromatic nitrogens is 1. The molecule has 178 valence electrons. The second kappa shape index (κ2) is 12.1. The molecule has 0 aliphatic heterocycles. The fraction of sp³-hybridized carbons (Fsp3) is 0.185. The molecular formula is C27H29NO6. The van der Waals surface area contributed by atoms with Crippen LogP contribution in [0.3, 0.4) is 0 Å². The van der Waals surface area contributed by atoms with E-state index in [9.17, 15) is 19.8 Å². The third kappa shape index (κ3) is 6.87. The van der Waals surface area contributed by atoms with Gasteiger partial charge in [0.1, 0.15) is 11.5 Å². The minimum absolute atomic E-state index is 0.222. The van der Waals surface area contributed by atoms with Crippen molar-refractivity contribution in [3.8, 4) is 33.9 Å². The van der Waals surface area contributed by atoms with E-state index < -0.39 is 11.9 Å². The molecule has 1 aromatic heterocycles. The number of aryl methyl sites for hydroxylation is 1. The van der Waals surface area contributed by atoms with Gasteiger partial charge in [-0.05, 0) is 66.1 Å². The van der Waals surface area contributed by atoms with Crippen molar-refractivity contribution in [2.75, 3.05) is 0 Å². The Balaban J connectivity index is 0.000000347. The van der Waals surface area contributed by atoms with Crippen LogP contribution in [0, 0.1) is 6.92 Å². The molecule has 0 atom stereocenters. The van der Waals surface area contributed by atoms with Gasteiger partial charge in [0.2, 0.25) is 0 Å². The molecule has 7 heteroatoms. The van der Waals surface area contributed by atoms with Gasteiger partial charge in [0.15, 0.2) is 0 Å². The highest BCUT2D eigenvalue weighted by molar-refractivity contribution is 5.94. The molecule has 34 heavy (non-hydrogen) atoms. The van der Waals surface area contributed by atoms with Crippen molar-refractivity contribution in [1.29, 1.82) is 0 Å². The summed E-state index contributed by atoms with van der Waals surface area (Å²) in [7, 11) is 0. The summed E-state index contributed by atoms with van der Waals surface area (Å²) in [5.41, 5.74) is 6.08. The molecule has 0 saturated carbocycles. The Morgan fingerprint density at radius 2 is 1.32 bits per heavy atom. The summed E-state index contributed by atoms with van der Waals surface area (Å²) in [4.78, 5) is 22.2. The van der Waals surface area contributed by atoms with E-state index in [0.717, 1.165) is 38.9 Å². The van der Waals surface area contributed by atoms with Gasteiger partial charge in [0.05, 0.1) is 0 Å². The molecule has 5 N–H and O–H groups in total. The Kier molecular flexibility index (Phi) is 9.26. The summed E-state index contributed by atoms with van der Waals surface area (Å²) >= 11 is 0. The fourth-order valence-electron chi connectivity index (χ4n) is 3.13. The van der Waals surface area contributed by atoms with Gasteiger partial charge >= 0.3 is 11.9 Å². The summed E-state index contributed by atoms with van der Waals surface area (Å²) in [5, 5.41) is 36.1. The Morgan fingerprint density at radius 1 is 0.794 bits per heavy atom. The molecule has 0 spiro atoms. The van der Waals surface area contributed by atoms with Gasteiger partial charge in [-0.1, -0.05) is 38.1 Å². The number of carboxylic acid groups (broad SMARTS) is 2. The predicted molar refractivity (Wildman–Crippen MR) is 133 cm³/mol. The molecule has 0 radical (unpaired) electrons. The second-order valence-electron chi connectivity index (χ2n) is 7.44. The summed E-state index contributed by atoms with van der Waals surface area (Å²) in [6, 6.07) is 20.7. The van der Waals surface area contributed by atoms with Crippen LogP contribution in [-0.4, -0.2) is 37.3 Å². The average Bonchev–Trinajstić information content (AvgIpc) is 3.16. The van der Waals surface area contributed by atoms with E-state index in [-0.39, 0.29) is 24.3 Å². The number of rotatable bonds is 4. The van der Waals surface area contributed by atoms with E-state index in [1.807, 2.05) is 42.5 Å². The normalized spacial score (nSPS) is 9.97. The van der Waals surface area contributed by atoms with Gasteiger partial charge in [0.25, 0.3) is 0 Å². The number of aromatic amines is 1. The number of hydrogen-bond donors (Lipinski definition) is 5. The van der Waals surface area contributed by atoms with Crippen molar-refractivity contribution >= 4 is 22.8 Å². The number of aromatic hydroxyl groups is 2. The summed E-state index contributed by atoms with van der Waals surface area (Å²) in [6.45, 7) is 5.28. The van der Waals surface area contributed by atoms with Crippen molar-refractivity contribution in [2.45, 2.75) is 33.6 Å². The number of nitrogens with one attached hydrogen (secondary N) is 1. The van der Waals surface area contributed by atoms with E-state index in [2.05, 4.69) is 18.0 Å². The lowest BCUT2D eigenvalue weighted by molar-refractivity contribution is -0.137. The van der Waals surface area contributed by atoms with E-state index in [1.165, 1.54) is 0 Å². The number of aliphatic carboxylic acids is 2. The van der Waals surface area contributed by atoms with Crippen LogP contribution in [0.2, 0.25) is 0 Å². The predicted octanol–water partition coefficient (Wildman–Crippen LogP) is 6.18. The maximum atomic E-state index is 10.1. The third-order valence-electron chi connectivity index (χ3n) is 5.03. The Bertz CT molecular complexity index is 1240. The summed E-state index contributed by atoms with van der Waals surface area (Å²) in [6.07, 6.45) is 0.444. The topological polar surface area (TPSA) is 131 Å². The first kappa shape index (κ1) is 26.0. The number of para-hydroxylation sites is 1. The molecule has 0 aliphatic carbocycles. The van der Waals surface area contributed by atoms with Crippen LogP contribution in [-0.2, 0) is 9.59 Å². The number of phenolic OH excluding ortho intramolecular Hbond substituents is 2.